The SMILES string of the molecule is CC1=C2c3c(Br)cccc3[CH]1[Zr]([CH2]c1ccccc1)([CH2]c1ccccc1)[CH]1C(C)=C(c3c(Br)cccc31)[Si]2(C)C. The zero-order chi connectivity index (χ0) is 27.8. The van der Waals surface area contributed by atoms with Crippen molar-refractivity contribution in [3.8, 4) is 0 Å². The molecule has 0 saturated carbocycles. The van der Waals surface area contributed by atoms with Crippen LogP contribution in [0.1, 0.15) is 54.5 Å². The first-order valence-electron chi connectivity index (χ1n) is 14.3. The van der Waals surface area contributed by atoms with Gasteiger partial charge in [-0.05, 0) is 0 Å². The number of halogens is 2. The Balaban J connectivity index is 1.64. The molecule has 0 nitrogen and oxygen atoms in total. The second kappa shape index (κ2) is 10.0. The van der Waals surface area contributed by atoms with Crippen molar-refractivity contribution in [2.24, 2.45) is 0 Å². The van der Waals surface area contributed by atoms with Crippen LogP contribution in [0.25, 0.3) is 10.4 Å². The van der Waals surface area contributed by atoms with Crippen LogP contribution >= 0.6 is 31.9 Å². The molecular weight excluding hydrogens is 712 g/mol. The third-order valence-electron chi connectivity index (χ3n) is 10.0. The van der Waals surface area contributed by atoms with Gasteiger partial charge in [-0.25, -0.2) is 0 Å². The maximum absolute atomic E-state index is 4.09. The van der Waals surface area contributed by atoms with Crippen molar-refractivity contribution >= 4 is 50.3 Å². The van der Waals surface area contributed by atoms with Crippen LogP contribution in [0, 0.1) is 0 Å². The van der Waals surface area contributed by atoms with Crippen LogP contribution in [-0.4, -0.2) is 8.07 Å². The van der Waals surface area contributed by atoms with Crippen molar-refractivity contribution in [2.45, 2.75) is 42.5 Å². The number of fused-ring (bicyclic) bond motifs is 8. The summed E-state index contributed by atoms with van der Waals surface area (Å²) in [6.07, 6.45) is 0. The van der Waals surface area contributed by atoms with Gasteiger partial charge in [-0.1, -0.05) is 0 Å². The number of benzene rings is 4. The summed E-state index contributed by atoms with van der Waals surface area (Å²) in [7, 11) is -2.05. The molecule has 1 heterocycles. The molecule has 0 radical (unpaired) electrons. The topological polar surface area (TPSA) is 0 Å². The first kappa shape index (κ1) is 27.3. The Labute approximate surface area is 261 Å². The molecule has 2 unspecified atom stereocenters. The van der Waals surface area contributed by atoms with Gasteiger partial charge in [0.2, 0.25) is 0 Å². The molecule has 3 aliphatic rings. The Hall–Kier alpha value is -1.58. The molecule has 200 valence electrons. The van der Waals surface area contributed by atoms with Gasteiger partial charge in [0.15, 0.2) is 0 Å². The zero-order valence-corrected chi connectivity index (χ0v) is 30.2. The molecule has 0 spiro atoms. The molecule has 0 N–H and O–H groups in total. The Morgan fingerprint density at radius 2 is 0.975 bits per heavy atom. The van der Waals surface area contributed by atoms with E-state index in [2.05, 4.69) is 156 Å². The summed E-state index contributed by atoms with van der Waals surface area (Å²) in [6.45, 7) is 10.3. The maximum atomic E-state index is 4.09. The Bertz CT molecular complexity index is 1590. The number of hydrogen-bond donors (Lipinski definition) is 0. The summed E-state index contributed by atoms with van der Waals surface area (Å²) < 4.78 is 6.10. The van der Waals surface area contributed by atoms with E-state index in [1.54, 1.807) is 32.7 Å². The van der Waals surface area contributed by atoms with Crippen molar-refractivity contribution in [1.29, 1.82) is 0 Å². The van der Waals surface area contributed by atoms with Gasteiger partial charge in [0.1, 0.15) is 0 Å². The third-order valence-corrected chi connectivity index (χ3v) is 29.7. The van der Waals surface area contributed by atoms with E-state index in [0.717, 1.165) is 0 Å². The minimum absolute atomic E-state index is 0.537. The van der Waals surface area contributed by atoms with Crippen LogP contribution in [0.5, 0.6) is 0 Å². The fraction of sp³-hybridized carbons (Fsp3) is 0.222. The van der Waals surface area contributed by atoms with Crippen LogP contribution in [0.4, 0.5) is 0 Å². The van der Waals surface area contributed by atoms with Crippen LogP contribution in [0.2, 0.25) is 13.1 Å². The molecule has 40 heavy (non-hydrogen) atoms. The van der Waals surface area contributed by atoms with Crippen LogP contribution in [0.15, 0.2) is 117 Å². The number of allylic oxidation sites excluding steroid dienone is 2. The van der Waals surface area contributed by atoms with Gasteiger partial charge < -0.3 is 0 Å². The molecule has 4 aromatic rings. The Kier molecular flexibility index (Phi) is 6.82. The van der Waals surface area contributed by atoms with E-state index >= 15 is 0 Å². The summed E-state index contributed by atoms with van der Waals surface area (Å²) in [5, 5.41) is 3.39. The molecule has 2 atom stereocenters. The summed E-state index contributed by atoms with van der Waals surface area (Å²) in [4.78, 5) is 0. The van der Waals surface area contributed by atoms with E-state index < -0.39 is 28.3 Å². The van der Waals surface area contributed by atoms with E-state index in [-0.39, 0.29) is 0 Å². The molecule has 1 aliphatic heterocycles. The molecule has 4 bridgehead atoms. The van der Waals surface area contributed by atoms with Gasteiger partial charge in [0.25, 0.3) is 0 Å². The first-order chi connectivity index (χ1) is 19.3. The average molecular weight is 746 g/mol. The normalized spacial score (nSPS) is 21.6. The summed E-state index contributed by atoms with van der Waals surface area (Å²) in [5.41, 5.74) is 12.7. The standard InChI is InChI=1S/C22H20Br2Si.2C7H7.Zr/c1-13-11-15-7-5-9-17(23)19(15)21(13)25(3,4)22-14(2)12-16-8-6-10-18(24)20(16)22;2*1-7-5-3-2-4-6-7;/h5-12H,1-4H3;2*2-6H,1H2;. The van der Waals surface area contributed by atoms with Crippen molar-refractivity contribution < 1.29 is 20.3 Å². The van der Waals surface area contributed by atoms with E-state index in [4.69, 9.17) is 0 Å². The molecule has 7 rings (SSSR count). The van der Waals surface area contributed by atoms with Gasteiger partial charge in [-0.15, -0.1) is 0 Å². The second-order valence-electron chi connectivity index (χ2n) is 12.6. The van der Waals surface area contributed by atoms with E-state index in [1.807, 2.05) is 0 Å². The van der Waals surface area contributed by atoms with Crippen molar-refractivity contribution in [3.05, 3.63) is 151 Å². The first-order valence-corrected chi connectivity index (χ1v) is 25.2. The Morgan fingerprint density at radius 1 is 0.575 bits per heavy atom. The quantitative estimate of drug-likeness (QED) is 0.183. The summed E-state index contributed by atoms with van der Waals surface area (Å²) in [6, 6.07) is 37.1. The van der Waals surface area contributed by atoms with Gasteiger partial charge >= 0.3 is 264 Å². The van der Waals surface area contributed by atoms with E-state index in [1.165, 1.54) is 39.5 Å². The van der Waals surface area contributed by atoms with Gasteiger partial charge in [-0.2, -0.15) is 0 Å². The Morgan fingerprint density at radius 3 is 1.38 bits per heavy atom. The van der Waals surface area contributed by atoms with Gasteiger partial charge in [0, 0.05) is 0 Å². The fourth-order valence-electron chi connectivity index (χ4n) is 9.05. The molecule has 0 amide bonds. The van der Waals surface area contributed by atoms with Crippen LogP contribution in [0.3, 0.4) is 0 Å². The van der Waals surface area contributed by atoms with Crippen LogP contribution in [-0.2, 0) is 28.5 Å². The zero-order valence-electron chi connectivity index (χ0n) is 23.6. The van der Waals surface area contributed by atoms with E-state index in [0.29, 0.717) is 7.25 Å². The van der Waals surface area contributed by atoms with Crippen molar-refractivity contribution in [2.75, 3.05) is 0 Å². The fourth-order valence-corrected chi connectivity index (χ4v) is 32.8. The second-order valence-corrected chi connectivity index (χ2v) is 29.2. The van der Waals surface area contributed by atoms with Crippen molar-refractivity contribution in [1.82, 2.24) is 0 Å². The monoisotopic (exact) mass is 742 g/mol. The number of hydrogen-bond acceptors (Lipinski definition) is 0. The summed E-state index contributed by atoms with van der Waals surface area (Å²) in [5.74, 6) is 0. The van der Waals surface area contributed by atoms with Gasteiger partial charge in [-0.3, -0.25) is 0 Å². The summed E-state index contributed by atoms with van der Waals surface area (Å²) >= 11 is 4.74. The van der Waals surface area contributed by atoms with Crippen LogP contribution < -0.4 is 0 Å². The molecule has 0 fully saturated rings. The third kappa shape index (κ3) is 3.89. The molecule has 0 saturated heterocycles. The van der Waals surface area contributed by atoms with E-state index in [9.17, 15) is 0 Å². The predicted octanol–water partition coefficient (Wildman–Crippen LogP) is 10.9. The number of rotatable bonds is 4. The molecule has 0 aromatic heterocycles. The average Bonchev–Trinajstić information content (AvgIpc) is 3.43. The molecule has 4 aromatic carbocycles. The molecule has 4 heteroatoms. The van der Waals surface area contributed by atoms with Gasteiger partial charge in [0.05, 0.1) is 0 Å². The molecule has 2 aliphatic carbocycles. The van der Waals surface area contributed by atoms with Crippen molar-refractivity contribution in [3.63, 3.8) is 0 Å². The minimum atomic E-state index is -3.43. The predicted molar refractivity (Wildman–Crippen MR) is 177 cm³/mol. The molecular formula is C36H34Br2SiZr.